The maximum atomic E-state index is 8.07. The van der Waals surface area contributed by atoms with Crippen LogP contribution in [0.5, 0.6) is 0 Å². The van der Waals surface area contributed by atoms with Gasteiger partial charge in [-0.1, -0.05) is 6.92 Å². The van der Waals surface area contributed by atoms with E-state index in [2.05, 4.69) is 0 Å². The molecule has 0 aliphatic carbocycles. The van der Waals surface area contributed by atoms with Crippen molar-refractivity contribution in [3.8, 4) is 0 Å². The van der Waals surface area contributed by atoms with Crippen LogP contribution in [0.3, 0.4) is 0 Å². The Morgan fingerprint density at radius 1 is 2.00 bits per heavy atom. The number of hydrogen-bond acceptors (Lipinski definition) is 1. The zero-order valence-corrected chi connectivity index (χ0v) is 4.15. The molecule has 0 aromatic rings. The summed E-state index contributed by atoms with van der Waals surface area (Å²) in [5, 5.41) is 8.07. The highest BCUT2D eigenvalue weighted by molar-refractivity contribution is 6.10. The molecule has 0 bridgehead atoms. The molecule has 1 N–H and O–H groups in total. The van der Waals surface area contributed by atoms with Gasteiger partial charge in [0, 0.05) is 0 Å². The van der Waals surface area contributed by atoms with Gasteiger partial charge in [-0.05, 0) is 4.97 Å². The lowest BCUT2D eigenvalue weighted by molar-refractivity contribution is 0.276. The first-order valence-corrected chi connectivity index (χ1v) is 2.06. The van der Waals surface area contributed by atoms with E-state index < -0.39 is 0 Å². The molecule has 0 heterocycles. The van der Waals surface area contributed by atoms with Crippen LogP contribution in [0.1, 0.15) is 6.92 Å². The van der Waals surface area contributed by atoms with Crippen LogP contribution >= 0.6 is 0 Å². The van der Waals surface area contributed by atoms with Crippen molar-refractivity contribution in [1.29, 1.82) is 0 Å². The molecule has 2 heteroatoms. The van der Waals surface area contributed by atoms with Crippen molar-refractivity contribution in [2.45, 2.75) is 11.9 Å². The average Bonchev–Trinajstić information content (AvgIpc) is 0.811. The second-order valence-electron chi connectivity index (χ2n) is 0.849. The lowest BCUT2D eigenvalue weighted by Crippen LogP contribution is -1.94. The molecule has 1 nitrogen and oxygen atoms in total. The van der Waals surface area contributed by atoms with Gasteiger partial charge in [0.2, 0.25) is 16.3 Å². The quantitative estimate of drug-likeness (QED) is 0.373. The third kappa shape index (κ3) is 22.9. The second-order valence-corrected chi connectivity index (χ2v) is 2.03. The SMILES string of the molecule is C[CH](O)[AlH]. The Balaban J connectivity index is 2.32. The summed E-state index contributed by atoms with van der Waals surface area (Å²) in [5.41, 5.74) is 0. The lowest BCUT2D eigenvalue weighted by Gasteiger charge is -1.80. The fourth-order valence-electron chi connectivity index (χ4n) is 0. The van der Waals surface area contributed by atoms with E-state index in [0.717, 1.165) is 0 Å². The van der Waals surface area contributed by atoms with E-state index in [-0.39, 0.29) is 4.97 Å². The highest BCUT2D eigenvalue weighted by Gasteiger charge is 1.70. The van der Waals surface area contributed by atoms with E-state index >= 15 is 0 Å². The van der Waals surface area contributed by atoms with Crippen LogP contribution in [0.4, 0.5) is 0 Å². The monoisotopic (exact) mass is 73.0 g/mol. The van der Waals surface area contributed by atoms with Gasteiger partial charge in [-0.25, -0.2) is 0 Å². The van der Waals surface area contributed by atoms with Gasteiger partial charge in [0.15, 0.2) is 0 Å². The molecule has 4 heavy (non-hydrogen) atoms. The zero-order chi connectivity index (χ0) is 3.58. The van der Waals surface area contributed by atoms with Gasteiger partial charge in [-0.15, -0.1) is 0 Å². The van der Waals surface area contributed by atoms with Crippen molar-refractivity contribution in [3.63, 3.8) is 0 Å². The van der Waals surface area contributed by atoms with Crippen LogP contribution < -0.4 is 0 Å². The highest BCUT2D eigenvalue weighted by Crippen LogP contribution is 1.56. The largest absolute Gasteiger partial charge is 0.410 e. The molecular formula is C2H6AlO. The lowest BCUT2D eigenvalue weighted by atomic mass is 10.9. The Labute approximate surface area is 34.1 Å². The van der Waals surface area contributed by atoms with Gasteiger partial charge in [-0.2, -0.15) is 0 Å². The minimum Gasteiger partial charge on any atom is -0.410 e. The molecule has 0 saturated carbocycles. The predicted molar refractivity (Wildman–Crippen MR) is 18.8 cm³/mol. The molecule has 0 aromatic carbocycles. The predicted octanol–water partition coefficient (Wildman–Crippen LogP) is -0.775. The summed E-state index contributed by atoms with van der Waals surface area (Å²) in [5.74, 6) is 0. The molecule has 0 spiro atoms. The smallest absolute Gasteiger partial charge is 0.221 e. The van der Waals surface area contributed by atoms with E-state index in [1.807, 2.05) is 0 Å². The molecule has 0 rings (SSSR count). The van der Waals surface area contributed by atoms with E-state index in [9.17, 15) is 0 Å². The average molecular weight is 73.1 g/mol. The fourth-order valence-corrected chi connectivity index (χ4v) is 0. The summed E-state index contributed by atoms with van der Waals surface area (Å²) >= 11 is 1.56. The first-order valence-electron chi connectivity index (χ1n) is 1.24. The van der Waals surface area contributed by atoms with Crippen LogP contribution in [0.15, 0.2) is 0 Å². The van der Waals surface area contributed by atoms with Gasteiger partial charge < -0.3 is 5.11 Å². The number of rotatable bonds is 0. The molecule has 1 unspecified atom stereocenters. The second kappa shape index (κ2) is 1.78. The first-order chi connectivity index (χ1) is 1.73. The number of aliphatic hydroxyl groups excluding tert-OH is 1. The Kier molecular flexibility index (Phi) is 2.00. The van der Waals surface area contributed by atoms with E-state index in [1.165, 1.54) is 0 Å². The maximum Gasteiger partial charge on any atom is 0.221 e. The van der Waals surface area contributed by atoms with Gasteiger partial charge in [0.1, 0.15) is 0 Å². The first kappa shape index (κ1) is 4.49. The highest BCUT2D eigenvalue weighted by atomic mass is 27.0. The van der Waals surface area contributed by atoms with Crippen LogP contribution in [0.2, 0.25) is 0 Å². The van der Waals surface area contributed by atoms with Gasteiger partial charge in [-0.3, -0.25) is 0 Å². The Morgan fingerprint density at radius 2 is 2.00 bits per heavy atom. The third-order valence-electron chi connectivity index (χ3n) is 0. The summed E-state index contributed by atoms with van der Waals surface area (Å²) in [6.45, 7) is 1.73. The number of hydrogen-bond donors (Lipinski definition) is 1. The van der Waals surface area contributed by atoms with E-state index in [4.69, 9.17) is 5.11 Å². The fraction of sp³-hybridized carbons (Fsp3) is 1.00. The minimum atomic E-state index is -0.139. The standard InChI is InChI=1S/C2H5O.Al.H/c1-2-3;;/h2-3H,1H3;;. The van der Waals surface area contributed by atoms with Crippen molar-refractivity contribution in [2.24, 2.45) is 0 Å². The Morgan fingerprint density at radius 3 is 2.00 bits per heavy atom. The van der Waals surface area contributed by atoms with Crippen molar-refractivity contribution in [2.75, 3.05) is 0 Å². The maximum absolute atomic E-state index is 8.07. The van der Waals surface area contributed by atoms with Crippen LogP contribution in [0, 0.1) is 0 Å². The summed E-state index contributed by atoms with van der Waals surface area (Å²) in [7, 11) is 0. The molecule has 0 aromatic heterocycles. The minimum absolute atomic E-state index is 0.139. The Hall–Kier alpha value is 0.492. The van der Waals surface area contributed by atoms with Crippen LogP contribution in [0.25, 0.3) is 0 Å². The topological polar surface area (TPSA) is 20.2 Å². The molecule has 0 saturated heterocycles. The van der Waals surface area contributed by atoms with Crippen molar-refractivity contribution in [3.05, 3.63) is 0 Å². The normalized spacial score (nSPS) is 15.5. The van der Waals surface area contributed by atoms with Gasteiger partial charge in [0.25, 0.3) is 0 Å². The summed E-state index contributed by atoms with van der Waals surface area (Å²) < 4.78 is 0. The molecule has 0 aliphatic rings. The summed E-state index contributed by atoms with van der Waals surface area (Å²) in [6, 6.07) is 0. The van der Waals surface area contributed by atoms with Gasteiger partial charge >= 0.3 is 0 Å². The van der Waals surface area contributed by atoms with Gasteiger partial charge in [0.05, 0.1) is 0 Å². The van der Waals surface area contributed by atoms with Crippen molar-refractivity contribution in [1.82, 2.24) is 0 Å². The molecular weight excluding hydrogens is 67.0 g/mol. The third-order valence-corrected chi connectivity index (χ3v) is 0. The van der Waals surface area contributed by atoms with Crippen molar-refractivity contribution >= 4 is 16.3 Å². The summed E-state index contributed by atoms with van der Waals surface area (Å²) in [6.07, 6.45) is 0. The molecule has 1 atom stereocenters. The van der Waals surface area contributed by atoms with Crippen LogP contribution in [-0.4, -0.2) is 26.4 Å². The zero-order valence-electron chi connectivity index (χ0n) is 2.73. The number of aliphatic hydroxyl groups is 1. The van der Waals surface area contributed by atoms with Crippen molar-refractivity contribution < 1.29 is 5.11 Å². The van der Waals surface area contributed by atoms with E-state index in [0.29, 0.717) is 0 Å². The molecule has 0 fully saturated rings. The Bertz CT molecular complexity index is 10.8. The van der Waals surface area contributed by atoms with E-state index in [1.54, 1.807) is 23.2 Å². The molecule has 0 amide bonds. The summed E-state index contributed by atoms with van der Waals surface area (Å²) in [4.78, 5) is -0.139. The molecule has 0 aliphatic heterocycles. The van der Waals surface area contributed by atoms with Crippen LogP contribution in [-0.2, 0) is 0 Å². The molecule has 23 valence electrons. The molecule has 1 radical (unpaired) electrons.